The predicted octanol–water partition coefficient (Wildman–Crippen LogP) is 2.09. The smallest absolute Gasteiger partial charge is 0.283 e. The fraction of sp³-hybridized carbons (Fsp3) is 0.417. The number of carbonyl (C=O) groups excluding carboxylic acids is 1. The lowest BCUT2D eigenvalue weighted by Gasteiger charge is -2.21. The molecule has 0 radical (unpaired) electrons. The molecule has 1 amide bonds. The number of carbonyl (C=O) groups is 1. The van der Waals surface area contributed by atoms with Crippen LogP contribution in [0.3, 0.4) is 0 Å². The number of hydrogen-bond donors (Lipinski definition) is 2. The third kappa shape index (κ3) is 4.09. The molecule has 0 bridgehead atoms. The van der Waals surface area contributed by atoms with Gasteiger partial charge in [0.05, 0.1) is 11.5 Å². The minimum Gasteiger partial charge on any atom is -0.395 e. The first kappa shape index (κ1) is 16.7. The van der Waals surface area contributed by atoms with Crippen molar-refractivity contribution in [2.45, 2.75) is 18.2 Å². The SMILES string of the molecule is CSC(CO)C(C)NC(=O)c1ccc(Cl)cc1[N+](=O)[O-]. The molecular weight excluding hydrogens is 304 g/mol. The molecule has 1 rings (SSSR count). The number of amides is 1. The van der Waals surface area contributed by atoms with Crippen LogP contribution < -0.4 is 5.32 Å². The van der Waals surface area contributed by atoms with E-state index in [2.05, 4.69) is 5.32 Å². The van der Waals surface area contributed by atoms with E-state index in [0.717, 1.165) is 6.07 Å². The molecule has 0 saturated heterocycles. The third-order valence-corrected chi connectivity index (χ3v) is 4.20. The lowest BCUT2D eigenvalue weighted by atomic mass is 10.1. The van der Waals surface area contributed by atoms with Crippen molar-refractivity contribution < 1.29 is 14.8 Å². The highest BCUT2D eigenvalue weighted by Crippen LogP contribution is 2.23. The Labute approximate surface area is 125 Å². The fourth-order valence-electron chi connectivity index (χ4n) is 1.66. The number of thioether (sulfide) groups is 1. The molecule has 110 valence electrons. The summed E-state index contributed by atoms with van der Waals surface area (Å²) in [5.74, 6) is -0.562. The van der Waals surface area contributed by atoms with Crippen LogP contribution in [-0.2, 0) is 0 Å². The van der Waals surface area contributed by atoms with Crippen LogP contribution in [0.1, 0.15) is 17.3 Å². The number of hydrogen-bond acceptors (Lipinski definition) is 5. The summed E-state index contributed by atoms with van der Waals surface area (Å²) < 4.78 is 0. The zero-order chi connectivity index (χ0) is 15.3. The molecule has 0 heterocycles. The van der Waals surface area contributed by atoms with Crippen molar-refractivity contribution in [1.29, 1.82) is 0 Å². The van der Waals surface area contributed by atoms with Crippen LogP contribution >= 0.6 is 23.4 Å². The molecular formula is C12H15ClN2O4S. The number of nitrogens with one attached hydrogen (secondary N) is 1. The second kappa shape index (κ2) is 7.47. The molecule has 2 unspecified atom stereocenters. The Kier molecular flexibility index (Phi) is 6.25. The summed E-state index contributed by atoms with van der Waals surface area (Å²) in [6.45, 7) is 1.64. The molecule has 1 aromatic rings. The Morgan fingerprint density at radius 2 is 2.25 bits per heavy atom. The highest BCUT2D eigenvalue weighted by Gasteiger charge is 2.24. The molecule has 2 atom stereocenters. The molecule has 2 N–H and O–H groups in total. The maximum atomic E-state index is 12.1. The Morgan fingerprint density at radius 1 is 1.60 bits per heavy atom. The van der Waals surface area contributed by atoms with Gasteiger partial charge in [0.15, 0.2) is 0 Å². The van der Waals surface area contributed by atoms with Crippen LogP contribution in [0.5, 0.6) is 0 Å². The quantitative estimate of drug-likeness (QED) is 0.619. The maximum absolute atomic E-state index is 12.1. The largest absolute Gasteiger partial charge is 0.395 e. The van der Waals surface area contributed by atoms with Crippen molar-refractivity contribution in [2.24, 2.45) is 0 Å². The van der Waals surface area contributed by atoms with Crippen LogP contribution in [0, 0.1) is 10.1 Å². The summed E-state index contributed by atoms with van der Waals surface area (Å²) in [6, 6.07) is 3.55. The summed E-state index contributed by atoms with van der Waals surface area (Å²) in [5, 5.41) is 22.8. The lowest BCUT2D eigenvalue weighted by Crippen LogP contribution is -2.41. The van der Waals surface area contributed by atoms with Gasteiger partial charge in [-0.1, -0.05) is 11.6 Å². The summed E-state index contributed by atoms with van der Waals surface area (Å²) >= 11 is 7.10. The number of aliphatic hydroxyl groups is 1. The van der Waals surface area contributed by atoms with Gasteiger partial charge in [0.1, 0.15) is 5.56 Å². The van der Waals surface area contributed by atoms with E-state index in [-0.39, 0.29) is 34.2 Å². The Morgan fingerprint density at radius 3 is 2.75 bits per heavy atom. The minimum absolute atomic E-state index is 0.0518. The minimum atomic E-state index is -0.649. The van der Waals surface area contributed by atoms with Crippen LogP contribution in [0.25, 0.3) is 0 Å². The maximum Gasteiger partial charge on any atom is 0.283 e. The second-order valence-corrected chi connectivity index (χ2v) is 5.65. The number of aliphatic hydroxyl groups excluding tert-OH is 1. The van der Waals surface area contributed by atoms with Crippen molar-refractivity contribution >= 4 is 35.0 Å². The first-order valence-corrected chi connectivity index (χ1v) is 7.45. The van der Waals surface area contributed by atoms with Crippen LogP contribution in [0.2, 0.25) is 5.02 Å². The highest BCUT2D eigenvalue weighted by molar-refractivity contribution is 7.99. The average Bonchev–Trinajstić information content (AvgIpc) is 2.39. The van der Waals surface area contributed by atoms with E-state index in [1.165, 1.54) is 23.9 Å². The van der Waals surface area contributed by atoms with Crippen LogP contribution in [-0.4, -0.2) is 40.1 Å². The predicted molar refractivity (Wildman–Crippen MR) is 79.4 cm³/mol. The number of benzene rings is 1. The fourth-order valence-corrected chi connectivity index (χ4v) is 2.45. The zero-order valence-electron chi connectivity index (χ0n) is 11.0. The molecule has 0 saturated carbocycles. The van der Waals surface area contributed by atoms with Gasteiger partial charge in [-0.25, -0.2) is 0 Å². The number of nitro groups is 1. The first-order chi connectivity index (χ1) is 9.40. The summed E-state index contributed by atoms with van der Waals surface area (Å²) in [4.78, 5) is 22.4. The Hall–Kier alpha value is -1.31. The zero-order valence-corrected chi connectivity index (χ0v) is 12.6. The molecule has 1 aromatic carbocycles. The van der Waals surface area contributed by atoms with E-state index in [9.17, 15) is 14.9 Å². The van der Waals surface area contributed by atoms with Gasteiger partial charge in [-0.3, -0.25) is 14.9 Å². The normalized spacial score (nSPS) is 13.6. The van der Waals surface area contributed by atoms with Gasteiger partial charge in [-0.05, 0) is 25.3 Å². The summed E-state index contributed by atoms with van der Waals surface area (Å²) in [5.41, 5.74) is -0.393. The standard InChI is InChI=1S/C12H15ClN2O4S/c1-7(11(6-16)20-2)14-12(17)9-4-3-8(13)5-10(9)15(18)19/h3-5,7,11,16H,6H2,1-2H3,(H,14,17). The van der Waals surface area contributed by atoms with Crippen molar-refractivity contribution in [1.82, 2.24) is 5.32 Å². The molecule has 0 aliphatic rings. The molecule has 8 heteroatoms. The molecule has 20 heavy (non-hydrogen) atoms. The van der Waals surface area contributed by atoms with E-state index in [1.807, 2.05) is 6.26 Å². The van der Waals surface area contributed by atoms with E-state index in [0.29, 0.717) is 0 Å². The van der Waals surface area contributed by atoms with Gasteiger partial charge in [0, 0.05) is 22.4 Å². The molecule has 0 fully saturated rings. The monoisotopic (exact) mass is 318 g/mol. The Balaban J connectivity index is 2.95. The Bertz CT molecular complexity index is 508. The highest BCUT2D eigenvalue weighted by atomic mass is 35.5. The van der Waals surface area contributed by atoms with Crippen molar-refractivity contribution in [3.63, 3.8) is 0 Å². The van der Waals surface area contributed by atoms with Crippen molar-refractivity contribution in [3.05, 3.63) is 38.9 Å². The average molecular weight is 319 g/mol. The van der Waals surface area contributed by atoms with Crippen molar-refractivity contribution in [2.75, 3.05) is 12.9 Å². The number of nitro benzene ring substituents is 1. The van der Waals surface area contributed by atoms with E-state index in [1.54, 1.807) is 6.92 Å². The summed E-state index contributed by atoms with van der Waals surface area (Å²) in [6.07, 6.45) is 1.81. The summed E-state index contributed by atoms with van der Waals surface area (Å²) in [7, 11) is 0. The molecule has 0 aromatic heterocycles. The molecule has 6 nitrogen and oxygen atoms in total. The van der Waals surface area contributed by atoms with Gasteiger partial charge < -0.3 is 10.4 Å². The topological polar surface area (TPSA) is 92.5 Å². The number of halogens is 1. The van der Waals surface area contributed by atoms with E-state index in [4.69, 9.17) is 16.7 Å². The van der Waals surface area contributed by atoms with Gasteiger partial charge in [0.25, 0.3) is 11.6 Å². The van der Waals surface area contributed by atoms with Crippen LogP contribution in [0.15, 0.2) is 18.2 Å². The van der Waals surface area contributed by atoms with Crippen molar-refractivity contribution in [3.8, 4) is 0 Å². The number of nitrogens with zero attached hydrogens (tertiary/aromatic N) is 1. The third-order valence-electron chi connectivity index (χ3n) is 2.80. The molecule has 0 aliphatic carbocycles. The van der Waals surface area contributed by atoms with Gasteiger partial charge in [-0.2, -0.15) is 11.8 Å². The van der Waals surface area contributed by atoms with Gasteiger partial charge in [-0.15, -0.1) is 0 Å². The second-order valence-electron chi connectivity index (χ2n) is 4.14. The van der Waals surface area contributed by atoms with Gasteiger partial charge >= 0.3 is 0 Å². The van der Waals surface area contributed by atoms with E-state index >= 15 is 0 Å². The van der Waals surface area contributed by atoms with Crippen LogP contribution in [0.4, 0.5) is 5.69 Å². The first-order valence-electron chi connectivity index (χ1n) is 5.79. The molecule has 0 aliphatic heterocycles. The lowest BCUT2D eigenvalue weighted by molar-refractivity contribution is -0.385. The van der Waals surface area contributed by atoms with E-state index < -0.39 is 10.8 Å². The number of rotatable bonds is 6. The molecule has 0 spiro atoms. The van der Waals surface area contributed by atoms with Gasteiger partial charge in [0.2, 0.25) is 0 Å².